The molecule has 0 fully saturated rings. The molecule has 0 unspecified atom stereocenters. The van der Waals surface area contributed by atoms with Crippen LogP contribution in [0.15, 0.2) is 24.4 Å². The Hall–Kier alpha value is -0.720. The number of rotatable bonds is 6. The van der Waals surface area contributed by atoms with Crippen LogP contribution in [0, 0.1) is 0 Å². The van der Waals surface area contributed by atoms with Gasteiger partial charge in [0.05, 0.1) is 5.54 Å². The van der Waals surface area contributed by atoms with Crippen molar-refractivity contribution in [3.05, 3.63) is 24.4 Å². The first-order chi connectivity index (χ1) is 7.29. The van der Waals surface area contributed by atoms with Crippen LogP contribution < -0.4 is 0 Å². The molecule has 1 heterocycles. The van der Waals surface area contributed by atoms with E-state index in [4.69, 9.17) is 0 Å². The normalized spacial score (nSPS) is 18.5. The molecule has 1 nitrogen and oxygen atoms in total. The molecule has 1 aliphatic rings. The second kappa shape index (κ2) is 5.99. The van der Waals surface area contributed by atoms with Gasteiger partial charge in [-0.2, -0.15) is 0 Å². The van der Waals surface area contributed by atoms with Gasteiger partial charge in [-0.15, -0.1) is 0 Å². The minimum Gasteiger partial charge on any atom is -0.368 e. The maximum absolute atomic E-state index is 2.53. The molecular formula is C14H25N. The van der Waals surface area contributed by atoms with E-state index in [0.717, 1.165) is 0 Å². The molecule has 0 bridgehead atoms. The fraction of sp³-hybridized carbons (Fsp3) is 0.714. The van der Waals surface area contributed by atoms with Crippen LogP contribution in [0.2, 0.25) is 0 Å². The Morgan fingerprint density at radius 3 is 2.33 bits per heavy atom. The van der Waals surface area contributed by atoms with E-state index in [1.54, 1.807) is 0 Å². The molecule has 15 heavy (non-hydrogen) atoms. The highest BCUT2D eigenvalue weighted by molar-refractivity contribution is 5.20. The minimum absolute atomic E-state index is 0.294. The maximum atomic E-state index is 2.53. The van der Waals surface area contributed by atoms with Gasteiger partial charge in [0.25, 0.3) is 0 Å². The molecule has 0 spiro atoms. The summed E-state index contributed by atoms with van der Waals surface area (Å²) in [5.41, 5.74) is 0.294. The summed E-state index contributed by atoms with van der Waals surface area (Å²) in [7, 11) is 0. The van der Waals surface area contributed by atoms with Crippen molar-refractivity contribution >= 4 is 0 Å². The minimum atomic E-state index is 0.294. The average molecular weight is 207 g/mol. The van der Waals surface area contributed by atoms with Gasteiger partial charge in [-0.1, -0.05) is 45.8 Å². The lowest BCUT2D eigenvalue weighted by molar-refractivity contribution is 0.177. The summed E-state index contributed by atoms with van der Waals surface area (Å²) in [6.07, 6.45) is 15.4. The van der Waals surface area contributed by atoms with Crippen LogP contribution in [0.4, 0.5) is 0 Å². The van der Waals surface area contributed by atoms with E-state index in [2.05, 4.69) is 50.1 Å². The largest absolute Gasteiger partial charge is 0.368 e. The number of allylic oxidation sites excluding steroid dienone is 2. The van der Waals surface area contributed by atoms with Crippen LogP contribution in [0.3, 0.4) is 0 Å². The summed E-state index contributed by atoms with van der Waals surface area (Å²) in [5.74, 6) is 0. The summed E-state index contributed by atoms with van der Waals surface area (Å²) in [6, 6.07) is 0. The van der Waals surface area contributed by atoms with Crippen LogP contribution in [0.5, 0.6) is 0 Å². The predicted octanol–water partition coefficient (Wildman–Crippen LogP) is 4.12. The molecule has 0 saturated carbocycles. The third-order valence-electron chi connectivity index (χ3n) is 3.58. The van der Waals surface area contributed by atoms with E-state index >= 15 is 0 Å². The van der Waals surface area contributed by atoms with Crippen LogP contribution in [-0.4, -0.2) is 17.0 Å². The first-order valence-corrected chi connectivity index (χ1v) is 6.42. The molecule has 0 atom stereocenters. The molecule has 1 rings (SSSR count). The highest BCUT2D eigenvalue weighted by atomic mass is 15.2. The Morgan fingerprint density at radius 1 is 1.00 bits per heavy atom. The Balaban J connectivity index is 2.59. The van der Waals surface area contributed by atoms with Crippen molar-refractivity contribution < 1.29 is 0 Å². The number of unbranched alkanes of at least 4 members (excludes halogenated alkanes) is 2. The zero-order chi connectivity index (χ0) is 11.1. The van der Waals surface area contributed by atoms with Crippen LogP contribution >= 0.6 is 0 Å². The van der Waals surface area contributed by atoms with E-state index < -0.39 is 0 Å². The summed E-state index contributed by atoms with van der Waals surface area (Å²) in [6.45, 7) is 8.05. The second-order valence-corrected chi connectivity index (χ2v) is 4.41. The molecule has 0 aromatic rings. The van der Waals surface area contributed by atoms with Crippen LogP contribution in [0.25, 0.3) is 0 Å². The van der Waals surface area contributed by atoms with Gasteiger partial charge < -0.3 is 4.90 Å². The van der Waals surface area contributed by atoms with E-state index in [9.17, 15) is 0 Å². The predicted molar refractivity (Wildman–Crippen MR) is 67.8 cm³/mol. The molecule has 0 aromatic heterocycles. The lowest BCUT2D eigenvalue weighted by atomic mass is 9.88. The summed E-state index contributed by atoms with van der Waals surface area (Å²) in [4.78, 5) is 2.53. The van der Waals surface area contributed by atoms with Gasteiger partial charge in [0.1, 0.15) is 0 Å². The smallest absolute Gasteiger partial charge is 0.0577 e. The Bertz CT molecular complexity index is 223. The molecular weight excluding hydrogens is 182 g/mol. The molecule has 0 amide bonds. The fourth-order valence-corrected chi connectivity index (χ4v) is 2.35. The number of nitrogens with zero attached hydrogens (tertiary/aromatic N) is 1. The van der Waals surface area contributed by atoms with Gasteiger partial charge in [-0.3, -0.25) is 0 Å². The van der Waals surface area contributed by atoms with E-state index in [0.29, 0.717) is 5.54 Å². The van der Waals surface area contributed by atoms with Crippen molar-refractivity contribution in [1.82, 2.24) is 4.90 Å². The second-order valence-electron chi connectivity index (χ2n) is 4.41. The quantitative estimate of drug-likeness (QED) is 0.592. The monoisotopic (exact) mass is 207 g/mol. The molecule has 0 N–H and O–H groups in total. The molecule has 0 radical (unpaired) electrons. The first-order valence-electron chi connectivity index (χ1n) is 6.42. The topological polar surface area (TPSA) is 3.24 Å². The number of hydrogen-bond acceptors (Lipinski definition) is 1. The van der Waals surface area contributed by atoms with Gasteiger partial charge in [0.15, 0.2) is 0 Å². The van der Waals surface area contributed by atoms with Crippen molar-refractivity contribution in [3.63, 3.8) is 0 Å². The zero-order valence-corrected chi connectivity index (χ0v) is 10.5. The molecule has 0 aromatic carbocycles. The third kappa shape index (κ3) is 2.87. The molecule has 1 aliphatic heterocycles. The summed E-state index contributed by atoms with van der Waals surface area (Å²) >= 11 is 0. The van der Waals surface area contributed by atoms with Crippen molar-refractivity contribution in [2.24, 2.45) is 0 Å². The molecule has 86 valence electrons. The van der Waals surface area contributed by atoms with E-state index in [1.165, 1.54) is 38.6 Å². The van der Waals surface area contributed by atoms with Gasteiger partial charge in [-0.25, -0.2) is 0 Å². The maximum Gasteiger partial charge on any atom is 0.0577 e. The highest BCUT2D eigenvalue weighted by Gasteiger charge is 2.29. The molecule has 0 aliphatic carbocycles. The van der Waals surface area contributed by atoms with Crippen molar-refractivity contribution in [3.8, 4) is 0 Å². The average Bonchev–Trinajstić information content (AvgIpc) is 2.30. The lowest BCUT2D eigenvalue weighted by Gasteiger charge is -2.42. The lowest BCUT2D eigenvalue weighted by Crippen LogP contribution is -2.44. The van der Waals surface area contributed by atoms with Crippen LogP contribution in [-0.2, 0) is 0 Å². The summed E-state index contributed by atoms with van der Waals surface area (Å²) in [5, 5.41) is 0. The molecule has 1 heteroatoms. The highest BCUT2D eigenvalue weighted by Crippen LogP contribution is 2.29. The van der Waals surface area contributed by atoms with Crippen molar-refractivity contribution in [2.45, 2.75) is 58.4 Å². The van der Waals surface area contributed by atoms with E-state index in [-0.39, 0.29) is 0 Å². The van der Waals surface area contributed by atoms with Crippen LogP contribution in [0.1, 0.15) is 52.9 Å². The van der Waals surface area contributed by atoms with Gasteiger partial charge in [0.2, 0.25) is 0 Å². The Labute approximate surface area is 94.9 Å². The summed E-state index contributed by atoms with van der Waals surface area (Å²) < 4.78 is 0. The third-order valence-corrected chi connectivity index (χ3v) is 3.58. The Morgan fingerprint density at radius 2 is 1.73 bits per heavy atom. The Kier molecular flexibility index (Phi) is 4.93. The standard InChI is InChI=1S/C14H25N/c1-4-7-9-12-15-13-10-8-11-14(15,5-2)6-3/h8,10-11,13H,4-7,9,12H2,1-3H3. The zero-order valence-electron chi connectivity index (χ0n) is 10.5. The molecule has 0 saturated heterocycles. The van der Waals surface area contributed by atoms with Gasteiger partial charge in [-0.05, 0) is 31.5 Å². The first kappa shape index (κ1) is 12.4. The van der Waals surface area contributed by atoms with Crippen molar-refractivity contribution in [1.29, 1.82) is 0 Å². The van der Waals surface area contributed by atoms with Crippen molar-refractivity contribution in [2.75, 3.05) is 6.54 Å². The number of hydrogen-bond donors (Lipinski definition) is 0. The SMILES string of the molecule is CCCCCN1C=CC=CC1(CC)CC. The van der Waals surface area contributed by atoms with E-state index in [1.807, 2.05) is 0 Å². The fourth-order valence-electron chi connectivity index (χ4n) is 2.35. The van der Waals surface area contributed by atoms with Gasteiger partial charge in [0, 0.05) is 6.54 Å². The van der Waals surface area contributed by atoms with Gasteiger partial charge >= 0.3 is 0 Å².